The van der Waals surface area contributed by atoms with Gasteiger partial charge in [0, 0.05) is 5.92 Å². The van der Waals surface area contributed by atoms with Gasteiger partial charge in [0.25, 0.3) is 0 Å². The van der Waals surface area contributed by atoms with Crippen molar-refractivity contribution in [3.63, 3.8) is 0 Å². The Bertz CT molecular complexity index is 1030. The van der Waals surface area contributed by atoms with Crippen LogP contribution in [0, 0.1) is 0 Å². The van der Waals surface area contributed by atoms with E-state index in [0.717, 1.165) is 22.3 Å². The van der Waals surface area contributed by atoms with Gasteiger partial charge >= 0.3 is 12.1 Å². The zero-order chi connectivity index (χ0) is 25.8. The molecule has 3 rings (SSSR count). The second kappa shape index (κ2) is 10.9. The molecule has 0 unspecified atom stereocenters. The van der Waals surface area contributed by atoms with Gasteiger partial charge < -0.3 is 25.2 Å². The molecule has 2 amide bonds. The quantitative estimate of drug-likeness (QED) is 0.496. The van der Waals surface area contributed by atoms with Crippen molar-refractivity contribution in [1.29, 1.82) is 0 Å². The van der Waals surface area contributed by atoms with Crippen LogP contribution in [-0.2, 0) is 19.1 Å². The summed E-state index contributed by atoms with van der Waals surface area (Å²) in [6, 6.07) is 13.8. The van der Waals surface area contributed by atoms with Gasteiger partial charge in [-0.1, -0.05) is 55.5 Å². The van der Waals surface area contributed by atoms with Gasteiger partial charge in [-0.3, -0.25) is 4.79 Å². The monoisotopic (exact) mass is 482 g/mol. The van der Waals surface area contributed by atoms with Crippen LogP contribution in [0.5, 0.6) is 0 Å². The number of carbonyl (C=O) groups is 3. The van der Waals surface area contributed by atoms with E-state index in [9.17, 15) is 19.5 Å². The maximum Gasteiger partial charge on any atom is 0.407 e. The van der Waals surface area contributed by atoms with E-state index in [1.54, 1.807) is 34.6 Å². The molecule has 2 aromatic rings. The third-order valence-corrected chi connectivity index (χ3v) is 5.93. The highest BCUT2D eigenvalue weighted by Gasteiger charge is 2.33. The molecule has 0 radical (unpaired) electrons. The lowest BCUT2D eigenvalue weighted by Crippen LogP contribution is -2.55. The number of fused-ring (bicyclic) bond motifs is 3. The summed E-state index contributed by atoms with van der Waals surface area (Å²) in [6.07, 6.45) is -1.25. The van der Waals surface area contributed by atoms with Gasteiger partial charge in [-0.05, 0) is 56.4 Å². The average Bonchev–Trinajstić information content (AvgIpc) is 3.11. The largest absolute Gasteiger partial charge is 0.480 e. The highest BCUT2D eigenvalue weighted by molar-refractivity contribution is 5.89. The van der Waals surface area contributed by atoms with Crippen LogP contribution in [0.2, 0.25) is 0 Å². The number of benzene rings is 2. The predicted octanol–water partition coefficient (Wildman–Crippen LogP) is 4.08. The lowest BCUT2D eigenvalue weighted by atomic mass is 9.98. The SMILES string of the molecule is CC[C@H](NC(=O)OCC1c2ccccc2-c2ccccc21)C(=O)N[C@H](C(=O)O)[C@@H](C)OC(C)(C)C. The van der Waals surface area contributed by atoms with Gasteiger partial charge in [-0.2, -0.15) is 0 Å². The number of hydrogen-bond donors (Lipinski definition) is 3. The molecule has 8 nitrogen and oxygen atoms in total. The van der Waals surface area contributed by atoms with Gasteiger partial charge in [0.05, 0.1) is 11.7 Å². The smallest absolute Gasteiger partial charge is 0.407 e. The van der Waals surface area contributed by atoms with Crippen LogP contribution in [0.25, 0.3) is 11.1 Å². The Kier molecular flexibility index (Phi) is 8.17. The van der Waals surface area contributed by atoms with Crippen LogP contribution in [0.3, 0.4) is 0 Å². The van der Waals surface area contributed by atoms with Crippen molar-refractivity contribution in [2.45, 2.75) is 70.7 Å². The molecule has 0 saturated carbocycles. The Morgan fingerprint density at radius 3 is 2.00 bits per heavy atom. The summed E-state index contributed by atoms with van der Waals surface area (Å²) >= 11 is 0. The lowest BCUT2D eigenvalue weighted by Gasteiger charge is -2.30. The van der Waals surface area contributed by atoms with E-state index in [0.29, 0.717) is 0 Å². The van der Waals surface area contributed by atoms with E-state index in [2.05, 4.69) is 22.8 Å². The number of ether oxygens (including phenoxy) is 2. The van der Waals surface area contributed by atoms with Crippen molar-refractivity contribution in [2.24, 2.45) is 0 Å². The molecule has 0 spiro atoms. The van der Waals surface area contributed by atoms with E-state index in [4.69, 9.17) is 9.47 Å². The summed E-state index contributed by atoms with van der Waals surface area (Å²) in [5.74, 6) is -1.93. The summed E-state index contributed by atoms with van der Waals surface area (Å²) in [7, 11) is 0. The van der Waals surface area contributed by atoms with Crippen molar-refractivity contribution in [1.82, 2.24) is 10.6 Å². The molecule has 188 valence electrons. The van der Waals surface area contributed by atoms with E-state index in [1.807, 2.05) is 36.4 Å². The number of rotatable bonds is 9. The molecule has 3 N–H and O–H groups in total. The summed E-state index contributed by atoms with van der Waals surface area (Å²) in [4.78, 5) is 37.1. The number of aliphatic carboxylic acids is 1. The molecule has 2 aromatic carbocycles. The minimum absolute atomic E-state index is 0.103. The Morgan fingerprint density at radius 2 is 1.51 bits per heavy atom. The molecule has 0 heterocycles. The molecule has 0 aliphatic heterocycles. The Hall–Kier alpha value is -3.39. The van der Waals surface area contributed by atoms with E-state index < -0.39 is 41.8 Å². The molecule has 0 saturated heterocycles. The van der Waals surface area contributed by atoms with Crippen molar-refractivity contribution < 1.29 is 29.0 Å². The normalized spacial score (nSPS) is 15.3. The summed E-state index contributed by atoms with van der Waals surface area (Å²) < 4.78 is 11.2. The Morgan fingerprint density at radius 1 is 0.971 bits per heavy atom. The second-order valence-electron chi connectivity index (χ2n) is 9.69. The number of amides is 2. The molecular formula is C27H34N2O6. The van der Waals surface area contributed by atoms with Gasteiger partial charge in [0.2, 0.25) is 5.91 Å². The highest BCUT2D eigenvalue weighted by atomic mass is 16.5. The van der Waals surface area contributed by atoms with Crippen LogP contribution in [0.4, 0.5) is 4.79 Å². The average molecular weight is 483 g/mol. The van der Waals surface area contributed by atoms with Crippen molar-refractivity contribution >= 4 is 18.0 Å². The fraction of sp³-hybridized carbons (Fsp3) is 0.444. The molecule has 0 aromatic heterocycles. The van der Waals surface area contributed by atoms with Crippen molar-refractivity contribution in [3.05, 3.63) is 59.7 Å². The minimum Gasteiger partial charge on any atom is -0.480 e. The standard InChI is InChI=1S/C27H34N2O6/c1-6-22(24(30)29-23(25(31)32)16(2)35-27(3,4)5)28-26(33)34-15-21-19-13-9-7-11-17(19)18-12-8-10-14-20(18)21/h7-14,16,21-23H,6,15H2,1-5H3,(H,28,33)(H,29,30)(H,31,32)/t16-,22+,23+/m1/s1. The van der Waals surface area contributed by atoms with Crippen molar-refractivity contribution in [3.8, 4) is 11.1 Å². The minimum atomic E-state index is -1.26. The van der Waals surface area contributed by atoms with Gasteiger partial charge in [0.15, 0.2) is 6.04 Å². The first-order valence-electron chi connectivity index (χ1n) is 11.8. The van der Waals surface area contributed by atoms with Crippen LogP contribution in [0.1, 0.15) is 58.1 Å². The lowest BCUT2D eigenvalue weighted by molar-refractivity contribution is -0.150. The van der Waals surface area contributed by atoms with E-state index in [-0.39, 0.29) is 18.9 Å². The fourth-order valence-corrected chi connectivity index (χ4v) is 4.39. The van der Waals surface area contributed by atoms with Crippen LogP contribution in [0.15, 0.2) is 48.5 Å². The number of carboxylic acids is 1. The maximum absolute atomic E-state index is 12.8. The molecular weight excluding hydrogens is 448 g/mol. The van der Waals surface area contributed by atoms with Crippen LogP contribution in [-0.4, -0.2) is 53.5 Å². The van der Waals surface area contributed by atoms with Gasteiger partial charge in [-0.15, -0.1) is 0 Å². The van der Waals surface area contributed by atoms with Gasteiger partial charge in [-0.25, -0.2) is 9.59 Å². The molecule has 0 bridgehead atoms. The number of hydrogen-bond acceptors (Lipinski definition) is 5. The molecule has 1 aliphatic rings. The van der Waals surface area contributed by atoms with Crippen molar-refractivity contribution in [2.75, 3.05) is 6.61 Å². The fourth-order valence-electron chi connectivity index (χ4n) is 4.39. The van der Waals surface area contributed by atoms with Crippen LogP contribution >= 0.6 is 0 Å². The third kappa shape index (κ3) is 6.39. The van der Waals surface area contributed by atoms with Gasteiger partial charge in [0.1, 0.15) is 12.6 Å². The molecule has 3 atom stereocenters. The summed E-state index contributed by atoms with van der Waals surface area (Å²) in [6.45, 7) is 8.84. The summed E-state index contributed by atoms with van der Waals surface area (Å²) in [5, 5.41) is 14.6. The second-order valence-corrected chi connectivity index (χ2v) is 9.69. The summed E-state index contributed by atoms with van der Waals surface area (Å²) in [5.41, 5.74) is 3.83. The Balaban J connectivity index is 1.62. The molecule has 0 fully saturated rings. The number of alkyl carbamates (subject to hydrolysis) is 1. The van der Waals surface area contributed by atoms with Crippen LogP contribution < -0.4 is 10.6 Å². The number of nitrogens with one attached hydrogen (secondary N) is 2. The maximum atomic E-state index is 12.8. The first kappa shape index (κ1) is 26.2. The third-order valence-electron chi connectivity index (χ3n) is 5.93. The highest BCUT2D eigenvalue weighted by Crippen LogP contribution is 2.44. The first-order valence-corrected chi connectivity index (χ1v) is 11.8. The van der Waals surface area contributed by atoms with E-state index in [1.165, 1.54) is 0 Å². The molecule has 1 aliphatic carbocycles. The number of carbonyl (C=O) groups excluding carboxylic acids is 2. The molecule has 35 heavy (non-hydrogen) atoms. The molecule has 8 heteroatoms. The van der Waals surface area contributed by atoms with E-state index >= 15 is 0 Å². The zero-order valence-electron chi connectivity index (χ0n) is 20.8. The number of carboxylic acid groups (broad SMARTS) is 1. The Labute approximate surface area is 206 Å². The first-order chi connectivity index (χ1) is 16.5. The topological polar surface area (TPSA) is 114 Å². The zero-order valence-corrected chi connectivity index (χ0v) is 20.8. The predicted molar refractivity (Wildman–Crippen MR) is 132 cm³/mol.